The van der Waals surface area contributed by atoms with Crippen LogP contribution in [-0.4, -0.2) is 75.2 Å². The molecule has 1 unspecified atom stereocenters. The van der Waals surface area contributed by atoms with E-state index in [9.17, 15) is 18.0 Å². The molecule has 33 heavy (non-hydrogen) atoms. The second kappa shape index (κ2) is 10.9. The van der Waals surface area contributed by atoms with Gasteiger partial charge in [0, 0.05) is 26.2 Å². The summed E-state index contributed by atoms with van der Waals surface area (Å²) in [6, 6.07) is 12.0. The van der Waals surface area contributed by atoms with E-state index in [-0.39, 0.29) is 42.9 Å². The largest absolute Gasteiger partial charge is 0.497 e. The predicted molar refractivity (Wildman–Crippen MR) is 123 cm³/mol. The summed E-state index contributed by atoms with van der Waals surface area (Å²) in [6.07, 6.45) is 0. The third-order valence-corrected chi connectivity index (χ3v) is 7.54. The molecule has 0 saturated carbocycles. The highest BCUT2D eigenvalue weighted by Gasteiger charge is 2.41. The van der Waals surface area contributed by atoms with E-state index >= 15 is 0 Å². The van der Waals surface area contributed by atoms with E-state index < -0.39 is 22.0 Å². The van der Waals surface area contributed by atoms with Gasteiger partial charge in [-0.1, -0.05) is 12.1 Å². The fourth-order valence-electron chi connectivity index (χ4n) is 3.51. The first-order chi connectivity index (χ1) is 15.8. The molecule has 0 aromatic heterocycles. The summed E-state index contributed by atoms with van der Waals surface area (Å²) in [6.45, 7) is 0.218. The van der Waals surface area contributed by atoms with E-state index in [1.165, 1.54) is 24.1 Å². The van der Waals surface area contributed by atoms with Crippen molar-refractivity contribution in [3.63, 3.8) is 0 Å². The van der Waals surface area contributed by atoms with Gasteiger partial charge in [0.25, 0.3) is 0 Å². The summed E-state index contributed by atoms with van der Waals surface area (Å²) in [5, 5.41) is 2.78. The first-order valence-electron chi connectivity index (χ1n) is 10.2. The number of nitrogens with zero attached hydrogens (tertiary/aromatic N) is 2. The molecule has 1 aliphatic heterocycles. The minimum absolute atomic E-state index is 0.0301. The van der Waals surface area contributed by atoms with E-state index in [0.717, 1.165) is 9.87 Å². The number of amides is 2. The molecule has 178 valence electrons. The number of piperazine rings is 1. The monoisotopic (exact) mass is 495 g/mol. The predicted octanol–water partition coefficient (Wildman–Crippen LogP) is 1.46. The molecule has 9 nitrogen and oxygen atoms in total. The quantitative estimate of drug-likeness (QED) is 0.556. The number of carbonyl (C=O) groups is 2. The number of carbonyl (C=O) groups excluding carboxylic acids is 2. The Bertz CT molecular complexity index is 1080. The molecule has 1 N–H and O–H groups in total. The van der Waals surface area contributed by atoms with Gasteiger partial charge in [0.1, 0.15) is 23.4 Å². The Morgan fingerprint density at radius 1 is 1.00 bits per heavy atom. The molecule has 0 bridgehead atoms. The van der Waals surface area contributed by atoms with Crippen LogP contribution in [0.2, 0.25) is 0 Å². The topological polar surface area (TPSA) is 105 Å². The minimum Gasteiger partial charge on any atom is -0.497 e. The number of nitrogens with one attached hydrogen (secondary N) is 1. The molecular weight excluding hydrogens is 470 g/mol. The van der Waals surface area contributed by atoms with E-state index in [0.29, 0.717) is 11.5 Å². The average molecular weight is 496 g/mol. The summed E-state index contributed by atoms with van der Waals surface area (Å²) in [5.74, 6) is 0.0940. The van der Waals surface area contributed by atoms with Crippen LogP contribution in [0.5, 0.6) is 11.5 Å². The Hall–Kier alpha value is -2.82. The zero-order valence-electron chi connectivity index (χ0n) is 18.4. The first kappa shape index (κ1) is 24.8. The molecule has 2 aromatic rings. The fourth-order valence-corrected chi connectivity index (χ4v) is 5.25. The Morgan fingerprint density at radius 3 is 2.12 bits per heavy atom. The molecule has 2 aromatic carbocycles. The Kier molecular flexibility index (Phi) is 8.17. The van der Waals surface area contributed by atoms with Crippen LogP contribution < -0.4 is 14.8 Å². The maximum absolute atomic E-state index is 13.4. The van der Waals surface area contributed by atoms with Crippen LogP contribution in [0.3, 0.4) is 0 Å². The van der Waals surface area contributed by atoms with Crippen LogP contribution in [0.15, 0.2) is 53.4 Å². The first-order valence-corrected chi connectivity index (χ1v) is 12.2. The van der Waals surface area contributed by atoms with Gasteiger partial charge < -0.3 is 19.7 Å². The molecule has 0 radical (unpaired) electrons. The van der Waals surface area contributed by atoms with Crippen molar-refractivity contribution in [2.24, 2.45) is 0 Å². The second-order valence-corrected chi connectivity index (χ2v) is 9.50. The zero-order chi connectivity index (χ0) is 24.0. The highest BCUT2D eigenvalue weighted by atomic mass is 35.5. The molecule has 11 heteroatoms. The maximum atomic E-state index is 13.4. The smallest absolute Gasteiger partial charge is 0.243 e. The SMILES string of the molecule is COc1ccc(CNC(=O)C2CN(C(=O)CCl)CCN2S(=O)(=O)c2ccc(OC)cc2)cc1. The van der Waals surface area contributed by atoms with Crippen molar-refractivity contribution >= 4 is 33.4 Å². The molecule has 0 spiro atoms. The minimum atomic E-state index is -4.00. The average Bonchev–Trinajstić information content (AvgIpc) is 2.86. The zero-order valence-corrected chi connectivity index (χ0v) is 19.9. The number of alkyl halides is 1. The third-order valence-electron chi connectivity index (χ3n) is 5.39. The highest BCUT2D eigenvalue weighted by molar-refractivity contribution is 7.89. The normalized spacial score (nSPS) is 16.8. The van der Waals surface area contributed by atoms with Gasteiger partial charge >= 0.3 is 0 Å². The lowest BCUT2D eigenvalue weighted by Gasteiger charge is -2.39. The van der Waals surface area contributed by atoms with Crippen molar-refractivity contribution < 1.29 is 27.5 Å². The summed E-state index contributed by atoms with van der Waals surface area (Å²) in [7, 11) is -0.953. The summed E-state index contributed by atoms with van der Waals surface area (Å²) in [4.78, 5) is 26.7. The summed E-state index contributed by atoms with van der Waals surface area (Å²) >= 11 is 5.68. The third kappa shape index (κ3) is 5.76. The van der Waals surface area contributed by atoms with Crippen molar-refractivity contribution in [1.82, 2.24) is 14.5 Å². The molecule has 3 rings (SSSR count). The van der Waals surface area contributed by atoms with Crippen molar-refractivity contribution in [2.75, 3.05) is 39.7 Å². The van der Waals surface area contributed by atoms with Crippen LogP contribution in [0, 0.1) is 0 Å². The van der Waals surface area contributed by atoms with Crippen LogP contribution in [0.1, 0.15) is 5.56 Å². The molecule has 0 aliphatic carbocycles. The number of sulfonamides is 1. The number of methoxy groups -OCH3 is 2. The Labute approximate surface area is 198 Å². The lowest BCUT2D eigenvalue weighted by atomic mass is 10.1. The second-order valence-electron chi connectivity index (χ2n) is 7.35. The van der Waals surface area contributed by atoms with Gasteiger partial charge in [-0.05, 0) is 42.0 Å². The molecular formula is C22H26ClN3O6S. The van der Waals surface area contributed by atoms with Crippen LogP contribution in [-0.2, 0) is 26.2 Å². The Balaban J connectivity index is 1.82. The van der Waals surface area contributed by atoms with Crippen LogP contribution >= 0.6 is 11.6 Å². The van der Waals surface area contributed by atoms with Crippen molar-refractivity contribution in [3.8, 4) is 11.5 Å². The summed E-state index contributed by atoms with van der Waals surface area (Å²) in [5.41, 5.74) is 0.818. The van der Waals surface area contributed by atoms with Gasteiger partial charge in [0.15, 0.2) is 0 Å². The van der Waals surface area contributed by atoms with Gasteiger partial charge in [-0.3, -0.25) is 9.59 Å². The van der Waals surface area contributed by atoms with Gasteiger partial charge in [-0.2, -0.15) is 4.31 Å². The summed E-state index contributed by atoms with van der Waals surface area (Å²) < 4.78 is 38.1. The lowest BCUT2D eigenvalue weighted by Crippen LogP contribution is -2.61. The van der Waals surface area contributed by atoms with Crippen molar-refractivity contribution in [1.29, 1.82) is 0 Å². The van der Waals surface area contributed by atoms with E-state index in [1.54, 1.807) is 43.5 Å². The number of hydrogen-bond donors (Lipinski definition) is 1. The fraction of sp³-hybridized carbons (Fsp3) is 0.364. The molecule has 1 saturated heterocycles. The number of rotatable bonds is 8. The molecule has 1 aliphatic rings. The molecule has 1 heterocycles. The molecule has 1 fully saturated rings. The van der Waals surface area contributed by atoms with E-state index in [4.69, 9.17) is 21.1 Å². The Morgan fingerprint density at radius 2 is 1.58 bits per heavy atom. The number of benzene rings is 2. The molecule has 1 atom stereocenters. The standard InChI is InChI=1S/C22H26ClN3O6S/c1-31-17-5-3-16(4-6-17)14-24-22(28)20-15-25(21(27)13-23)11-12-26(20)33(29,30)19-9-7-18(32-2)8-10-19/h3-10,20H,11-15H2,1-2H3,(H,24,28). The van der Waals surface area contributed by atoms with Crippen molar-refractivity contribution in [3.05, 3.63) is 54.1 Å². The number of hydrogen-bond acceptors (Lipinski definition) is 6. The lowest BCUT2D eigenvalue weighted by molar-refractivity contribution is -0.134. The van der Waals surface area contributed by atoms with Crippen LogP contribution in [0.4, 0.5) is 0 Å². The van der Waals surface area contributed by atoms with Gasteiger partial charge in [0.2, 0.25) is 21.8 Å². The van der Waals surface area contributed by atoms with Gasteiger partial charge in [0.05, 0.1) is 19.1 Å². The number of halogens is 1. The van der Waals surface area contributed by atoms with E-state index in [2.05, 4.69) is 5.32 Å². The maximum Gasteiger partial charge on any atom is 0.243 e. The molecule has 2 amide bonds. The van der Waals surface area contributed by atoms with E-state index in [1.807, 2.05) is 0 Å². The number of ether oxygens (including phenoxy) is 2. The van der Waals surface area contributed by atoms with Gasteiger partial charge in [-0.15, -0.1) is 11.6 Å². The van der Waals surface area contributed by atoms with Crippen molar-refractivity contribution in [2.45, 2.75) is 17.5 Å². The highest BCUT2D eigenvalue weighted by Crippen LogP contribution is 2.24. The van der Waals surface area contributed by atoms with Gasteiger partial charge in [-0.25, -0.2) is 8.42 Å². The van der Waals surface area contributed by atoms with Crippen LogP contribution in [0.25, 0.3) is 0 Å².